The molecular weight excluding hydrogens is 284 g/mol. The van der Waals surface area contributed by atoms with E-state index >= 15 is 0 Å². The van der Waals surface area contributed by atoms with Gasteiger partial charge in [-0.3, -0.25) is 4.79 Å². The maximum atomic E-state index is 11.3. The number of carbonyl (C=O) groups is 1. The van der Waals surface area contributed by atoms with Crippen LogP contribution in [0.25, 0.3) is 21.9 Å². The molecule has 3 nitrogen and oxygen atoms in total. The maximum Gasteiger partial charge on any atom is 0.240 e. The molecule has 0 atom stereocenters. The minimum atomic E-state index is -0.0167. The predicted molar refractivity (Wildman–Crippen MR) is 93.3 cm³/mol. The van der Waals surface area contributed by atoms with Crippen LogP contribution < -0.4 is 5.43 Å². The number of hydrogen-bond acceptors (Lipinski definition) is 2. The lowest BCUT2D eigenvalue weighted by Gasteiger charge is -2.16. The van der Waals surface area contributed by atoms with Gasteiger partial charge in [-0.1, -0.05) is 60.7 Å². The molecule has 3 aromatic rings. The van der Waals surface area contributed by atoms with E-state index < -0.39 is 0 Å². The first kappa shape index (κ1) is 13.7. The fourth-order valence-electron chi connectivity index (χ4n) is 3.01. The second-order valence-corrected chi connectivity index (χ2v) is 5.70. The number of rotatable bonds is 2. The molecule has 0 unspecified atom stereocenters. The number of carbonyl (C=O) groups excluding carboxylic acids is 1. The molecule has 112 valence electrons. The van der Waals surface area contributed by atoms with Crippen LogP contribution in [0, 0.1) is 0 Å². The Hall–Kier alpha value is -2.94. The SMILES string of the molecule is O=C1CCC(c2ccccc2-c2ccc3ccccc3c2)=NN1. The molecule has 0 bridgehead atoms. The van der Waals surface area contributed by atoms with Gasteiger partial charge in [0.05, 0.1) is 5.71 Å². The van der Waals surface area contributed by atoms with Gasteiger partial charge in [-0.15, -0.1) is 0 Å². The summed E-state index contributed by atoms with van der Waals surface area (Å²) in [6.07, 6.45) is 1.17. The lowest BCUT2D eigenvalue weighted by atomic mass is 9.93. The fourth-order valence-corrected chi connectivity index (χ4v) is 3.01. The van der Waals surface area contributed by atoms with E-state index in [1.54, 1.807) is 0 Å². The zero-order valence-corrected chi connectivity index (χ0v) is 12.6. The van der Waals surface area contributed by atoms with Gasteiger partial charge in [-0.25, -0.2) is 5.43 Å². The molecule has 23 heavy (non-hydrogen) atoms. The molecule has 0 aromatic heterocycles. The van der Waals surface area contributed by atoms with E-state index in [0.29, 0.717) is 12.8 Å². The Balaban J connectivity index is 1.83. The monoisotopic (exact) mass is 300 g/mol. The van der Waals surface area contributed by atoms with Crippen molar-refractivity contribution in [1.29, 1.82) is 0 Å². The Labute approximate surface area is 134 Å². The van der Waals surface area contributed by atoms with Gasteiger partial charge in [-0.05, 0) is 28.0 Å². The van der Waals surface area contributed by atoms with Crippen molar-refractivity contribution in [2.45, 2.75) is 12.8 Å². The Morgan fingerprint density at radius 3 is 2.30 bits per heavy atom. The second-order valence-electron chi connectivity index (χ2n) is 5.70. The summed E-state index contributed by atoms with van der Waals surface area (Å²) in [5.41, 5.74) is 6.92. The van der Waals surface area contributed by atoms with Crippen molar-refractivity contribution in [1.82, 2.24) is 5.43 Å². The summed E-state index contributed by atoms with van der Waals surface area (Å²) < 4.78 is 0. The summed E-state index contributed by atoms with van der Waals surface area (Å²) in [5, 5.41) is 6.70. The number of hydrazone groups is 1. The van der Waals surface area contributed by atoms with Gasteiger partial charge in [0.1, 0.15) is 0 Å². The van der Waals surface area contributed by atoms with Gasteiger partial charge in [-0.2, -0.15) is 5.10 Å². The van der Waals surface area contributed by atoms with Crippen LogP contribution in [-0.4, -0.2) is 11.6 Å². The van der Waals surface area contributed by atoms with Gasteiger partial charge < -0.3 is 0 Å². The van der Waals surface area contributed by atoms with E-state index in [4.69, 9.17) is 0 Å². The van der Waals surface area contributed by atoms with Crippen LogP contribution in [0.4, 0.5) is 0 Å². The molecule has 3 aromatic carbocycles. The van der Waals surface area contributed by atoms with Crippen molar-refractivity contribution in [3.63, 3.8) is 0 Å². The summed E-state index contributed by atoms with van der Waals surface area (Å²) in [4.78, 5) is 11.3. The van der Waals surface area contributed by atoms with Crippen molar-refractivity contribution in [2.75, 3.05) is 0 Å². The number of nitrogens with zero attached hydrogens (tertiary/aromatic N) is 1. The van der Waals surface area contributed by atoms with Crippen molar-refractivity contribution in [2.24, 2.45) is 5.10 Å². The van der Waals surface area contributed by atoms with Gasteiger partial charge >= 0.3 is 0 Å². The first-order chi connectivity index (χ1) is 11.3. The summed E-state index contributed by atoms with van der Waals surface area (Å²) in [7, 11) is 0. The third-order valence-corrected chi connectivity index (χ3v) is 4.20. The number of amides is 1. The van der Waals surface area contributed by atoms with Crippen LogP contribution in [0.2, 0.25) is 0 Å². The Bertz CT molecular complexity index is 928. The minimum absolute atomic E-state index is 0.0167. The standard InChI is InChI=1S/C20H16N2O/c23-20-12-11-19(21-22-20)18-8-4-3-7-17(18)16-10-9-14-5-1-2-6-15(14)13-16/h1-10,13H,11-12H2,(H,22,23). The molecular formula is C20H16N2O. The molecule has 1 heterocycles. The minimum Gasteiger partial charge on any atom is -0.273 e. The highest BCUT2D eigenvalue weighted by Gasteiger charge is 2.16. The second kappa shape index (κ2) is 5.69. The molecule has 1 aliphatic heterocycles. The van der Waals surface area contributed by atoms with Crippen LogP contribution in [0.5, 0.6) is 0 Å². The van der Waals surface area contributed by atoms with Crippen LogP contribution in [-0.2, 0) is 4.79 Å². The molecule has 1 amide bonds. The van der Waals surface area contributed by atoms with Crippen molar-refractivity contribution in [3.05, 3.63) is 72.3 Å². The summed E-state index contributed by atoms with van der Waals surface area (Å²) in [6, 6.07) is 23.1. The van der Waals surface area contributed by atoms with E-state index in [-0.39, 0.29) is 5.91 Å². The normalized spacial score (nSPS) is 14.4. The average molecular weight is 300 g/mol. The highest BCUT2D eigenvalue weighted by atomic mass is 16.2. The number of benzene rings is 3. The first-order valence-corrected chi connectivity index (χ1v) is 7.75. The molecule has 3 heteroatoms. The van der Waals surface area contributed by atoms with Crippen molar-refractivity contribution >= 4 is 22.4 Å². The predicted octanol–water partition coefficient (Wildman–Crippen LogP) is 4.12. The van der Waals surface area contributed by atoms with Crippen LogP contribution in [0.15, 0.2) is 71.8 Å². The molecule has 0 fully saturated rings. The third-order valence-electron chi connectivity index (χ3n) is 4.20. The van der Waals surface area contributed by atoms with Gasteiger partial charge in [0, 0.05) is 18.4 Å². The van der Waals surface area contributed by atoms with E-state index in [1.807, 2.05) is 12.1 Å². The highest BCUT2D eigenvalue weighted by molar-refractivity contribution is 6.08. The number of fused-ring (bicyclic) bond motifs is 1. The zero-order valence-electron chi connectivity index (χ0n) is 12.6. The Morgan fingerprint density at radius 1 is 0.783 bits per heavy atom. The van der Waals surface area contributed by atoms with Crippen LogP contribution in [0.1, 0.15) is 18.4 Å². The molecule has 4 rings (SSSR count). The lowest BCUT2D eigenvalue weighted by Crippen LogP contribution is -2.26. The van der Waals surface area contributed by atoms with E-state index in [1.165, 1.54) is 16.3 Å². The van der Waals surface area contributed by atoms with Crippen molar-refractivity contribution < 1.29 is 4.79 Å². The average Bonchev–Trinajstić information content (AvgIpc) is 2.62. The number of hydrogen-bond donors (Lipinski definition) is 1. The highest BCUT2D eigenvalue weighted by Crippen LogP contribution is 2.28. The van der Waals surface area contributed by atoms with Gasteiger partial charge in [0.2, 0.25) is 5.91 Å². The fraction of sp³-hybridized carbons (Fsp3) is 0.100. The summed E-state index contributed by atoms with van der Waals surface area (Å²) in [6.45, 7) is 0. The molecule has 0 aliphatic carbocycles. The first-order valence-electron chi connectivity index (χ1n) is 7.75. The van der Waals surface area contributed by atoms with E-state index in [9.17, 15) is 4.79 Å². The smallest absolute Gasteiger partial charge is 0.240 e. The van der Waals surface area contributed by atoms with Gasteiger partial charge in [0.15, 0.2) is 0 Å². The Morgan fingerprint density at radius 2 is 1.52 bits per heavy atom. The van der Waals surface area contributed by atoms with Crippen LogP contribution >= 0.6 is 0 Å². The molecule has 0 radical (unpaired) electrons. The Kier molecular flexibility index (Phi) is 3.39. The maximum absolute atomic E-state index is 11.3. The molecule has 0 spiro atoms. The van der Waals surface area contributed by atoms with Crippen LogP contribution in [0.3, 0.4) is 0 Å². The van der Waals surface area contributed by atoms with E-state index in [0.717, 1.165) is 16.8 Å². The van der Waals surface area contributed by atoms with Gasteiger partial charge in [0.25, 0.3) is 0 Å². The molecule has 0 saturated carbocycles. The third kappa shape index (κ3) is 2.61. The van der Waals surface area contributed by atoms with Crippen molar-refractivity contribution in [3.8, 4) is 11.1 Å². The topological polar surface area (TPSA) is 41.5 Å². The summed E-state index contributed by atoms with van der Waals surface area (Å²) in [5.74, 6) is -0.0167. The quantitative estimate of drug-likeness (QED) is 0.760. The van der Waals surface area contributed by atoms with E-state index in [2.05, 4.69) is 65.1 Å². The zero-order chi connectivity index (χ0) is 15.6. The largest absolute Gasteiger partial charge is 0.273 e. The summed E-state index contributed by atoms with van der Waals surface area (Å²) >= 11 is 0. The molecule has 1 aliphatic rings. The number of nitrogens with one attached hydrogen (secondary N) is 1. The molecule has 1 N–H and O–H groups in total. The molecule has 0 saturated heterocycles. The lowest BCUT2D eigenvalue weighted by molar-refractivity contribution is -0.121.